The van der Waals surface area contributed by atoms with Gasteiger partial charge in [-0.15, -0.1) is 0 Å². The lowest BCUT2D eigenvalue weighted by atomic mass is 10.1. The molecule has 2 rings (SSSR count). The number of Topliss-reactive ketones (excluding diaryl/α,β-unsaturated/α-hetero) is 1. The predicted octanol–water partition coefficient (Wildman–Crippen LogP) is 1.15. The van der Waals surface area contributed by atoms with Crippen LogP contribution in [0.2, 0.25) is 0 Å². The van der Waals surface area contributed by atoms with Crippen LogP contribution in [0.15, 0.2) is 29.1 Å². The van der Waals surface area contributed by atoms with Crippen LogP contribution in [0.3, 0.4) is 0 Å². The van der Waals surface area contributed by atoms with Crippen LogP contribution in [0, 0.1) is 0 Å². The molecule has 0 radical (unpaired) electrons. The zero-order valence-electron chi connectivity index (χ0n) is 16.7. The number of nitrogens with zero attached hydrogens (tertiary/aromatic N) is 3. The first kappa shape index (κ1) is 20.9. The van der Waals surface area contributed by atoms with Gasteiger partial charge in [-0.3, -0.25) is 14.4 Å². The minimum atomic E-state index is -1.34. The van der Waals surface area contributed by atoms with E-state index in [1.807, 2.05) is 0 Å². The summed E-state index contributed by atoms with van der Waals surface area (Å²) in [7, 11) is 7.47. The van der Waals surface area contributed by atoms with Crippen LogP contribution in [-0.4, -0.2) is 61.8 Å². The Bertz CT molecular complexity index is 926. The molecule has 0 spiro atoms. The molecule has 1 aromatic heterocycles. The van der Waals surface area contributed by atoms with Crippen molar-refractivity contribution < 1.29 is 23.8 Å². The summed E-state index contributed by atoms with van der Waals surface area (Å²) in [6, 6.07) is 4.73. The second-order valence-corrected chi connectivity index (χ2v) is 6.16. The van der Waals surface area contributed by atoms with Gasteiger partial charge in [-0.1, -0.05) is 0 Å². The molecule has 150 valence electrons. The van der Waals surface area contributed by atoms with Crippen LogP contribution in [0.5, 0.6) is 17.2 Å². The molecule has 0 aliphatic rings. The molecule has 0 N–H and O–H groups in total. The molecule has 1 aromatic carbocycles. The lowest BCUT2D eigenvalue weighted by Crippen LogP contribution is -2.41. The van der Waals surface area contributed by atoms with Gasteiger partial charge in [-0.2, -0.15) is 5.10 Å². The number of benzene rings is 1. The molecule has 9 nitrogen and oxygen atoms in total. The van der Waals surface area contributed by atoms with Gasteiger partial charge in [0.15, 0.2) is 23.3 Å². The van der Waals surface area contributed by atoms with Crippen LogP contribution in [0.4, 0.5) is 0 Å². The minimum absolute atomic E-state index is 0.358. The Labute approximate surface area is 162 Å². The van der Waals surface area contributed by atoms with Gasteiger partial charge in [0.2, 0.25) is 5.75 Å². The Morgan fingerprint density at radius 2 is 1.61 bits per heavy atom. The van der Waals surface area contributed by atoms with E-state index < -0.39 is 23.3 Å². The fourth-order valence-corrected chi connectivity index (χ4v) is 2.69. The molecule has 0 fully saturated rings. The van der Waals surface area contributed by atoms with Gasteiger partial charge in [0.1, 0.15) is 0 Å². The van der Waals surface area contributed by atoms with Crippen LogP contribution >= 0.6 is 0 Å². The van der Waals surface area contributed by atoms with Crippen molar-refractivity contribution in [3.05, 3.63) is 34.6 Å². The molecule has 9 heteroatoms. The van der Waals surface area contributed by atoms with Gasteiger partial charge in [0, 0.05) is 25.7 Å². The number of carbonyl (C=O) groups excluding carboxylic acids is 2. The lowest BCUT2D eigenvalue weighted by molar-refractivity contribution is -0.138. The third kappa shape index (κ3) is 3.98. The van der Waals surface area contributed by atoms with Crippen molar-refractivity contribution in [3.8, 4) is 28.5 Å². The van der Waals surface area contributed by atoms with E-state index in [4.69, 9.17) is 14.2 Å². The molecular formula is C19H23N3O6. The van der Waals surface area contributed by atoms with E-state index in [2.05, 4.69) is 5.10 Å². The quantitative estimate of drug-likeness (QED) is 0.655. The number of aromatic nitrogens is 2. The fraction of sp³-hybridized carbons (Fsp3) is 0.368. The third-order valence-electron chi connectivity index (χ3n) is 4.09. The van der Waals surface area contributed by atoms with E-state index in [9.17, 15) is 14.4 Å². The molecule has 0 unspecified atom stereocenters. The molecule has 1 amide bonds. The molecule has 0 aliphatic heterocycles. The number of amides is 1. The minimum Gasteiger partial charge on any atom is -0.493 e. The van der Waals surface area contributed by atoms with Gasteiger partial charge in [0.05, 0.1) is 27.0 Å². The van der Waals surface area contributed by atoms with E-state index in [-0.39, 0.29) is 0 Å². The van der Waals surface area contributed by atoms with Crippen LogP contribution in [0.25, 0.3) is 11.3 Å². The number of ketones is 1. The van der Waals surface area contributed by atoms with E-state index in [0.29, 0.717) is 28.5 Å². The van der Waals surface area contributed by atoms with E-state index in [1.54, 1.807) is 12.1 Å². The number of methoxy groups -OCH3 is 3. The first-order chi connectivity index (χ1) is 13.2. The molecule has 0 saturated heterocycles. The number of carbonyl (C=O) groups is 2. The van der Waals surface area contributed by atoms with E-state index in [1.165, 1.54) is 59.4 Å². The Hall–Kier alpha value is -3.36. The lowest BCUT2D eigenvalue weighted by Gasteiger charge is -2.20. The average Bonchev–Trinajstić information content (AvgIpc) is 2.67. The van der Waals surface area contributed by atoms with Crippen molar-refractivity contribution in [1.82, 2.24) is 14.7 Å². The maximum absolute atomic E-state index is 12.4. The van der Waals surface area contributed by atoms with Crippen LogP contribution in [-0.2, 0) is 9.59 Å². The highest BCUT2D eigenvalue weighted by Crippen LogP contribution is 2.40. The zero-order chi connectivity index (χ0) is 21.0. The second kappa shape index (κ2) is 8.55. The largest absolute Gasteiger partial charge is 0.493 e. The molecule has 0 saturated carbocycles. The number of likely N-dealkylation sites (N-methyl/N-ethyl adjacent to an activating group) is 1. The van der Waals surface area contributed by atoms with E-state index in [0.717, 1.165) is 4.68 Å². The van der Waals surface area contributed by atoms with Crippen molar-refractivity contribution in [2.45, 2.75) is 13.0 Å². The molecule has 1 atom stereocenters. The summed E-state index contributed by atoms with van der Waals surface area (Å²) < 4.78 is 16.9. The summed E-state index contributed by atoms with van der Waals surface area (Å²) in [6.45, 7) is 1.24. The van der Waals surface area contributed by atoms with Crippen molar-refractivity contribution in [3.63, 3.8) is 0 Å². The van der Waals surface area contributed by atoms with E-state index >= 15 is 0 Å². The Kier molecular flexibility index (Phi) is 6.40. The molecule has 2 aromatic rings. The summed E-state index contributed by atoms with van der Waals surface area (Å²) in [6.07, 6.45) is 0. The standard InChI is InChI=1S/C19H23N3O6/c1-11(23)17(19(25)21(2)3)22-16(24)8-7-13(20-22)12-9-14(26-4)18(28-6)15(10-12)27-5/h7-10,17H,1-6H3/t17-/m0/s1. The zero-order valence-corrected chi connectivity index (χ0v) is 16.7. The first-order valence-electron chi connectivity index (χ1n) is 8.37. The number of hydrogen-bond acceptors (Lipinski definition) is 7. The Morgan fingerprint density at radius 1 is 1.04 bits per heavy atom. The molecule has 0 aliphatic carbocycles. The van der Waals surface area contributed by atoms with Crippen molar-refractivity contribution in [2.24, 2.45) is 0 Å². The smallest absolute Gasteiger partial charge is 0.267 e. The van der Waals surface area contributed by atoms with Crippen LogP contribution < -0.4 is 19.8 Å². The first-order valence-corrected chi connectivity index (χ1v) is 8.37. The second-order valence-electron chi connectivity index (χ2n) is 6.16. The summed E-state index contributed by atoms with van der Waals surface area (Å²) in [5.41, 5.74) is 0.353. The van der Waals surface area contributed by atoms with Crippen LogP contribution in [0.1, 0.15) is 13.0 Å². The highest BCUT2D eigenvalue weighted by Gasteiger charge is 2.29. The average molecular weight is 389 g/mol. The molecular weight excluding hydrogens is 366 g/mol. The Morgan fingerprint density at radius 3 is 2.04 bits per heavy atom. The highest BCUT2D eigenvalue weighted by molar-refractivity contribution is 6.02. The molecule has 1 heterocycles. The number of rotatable bonds is 7. The van der Waals surface area contributed by atoms with Crippen molar-refractivity contribution in [2.75, 3.05) is 35.4 Å². The normalized spacial score (nSPS) is 11.5. The van der Waals surface area contributed by atoms with Crippen molar-refractivity contribution in [1.29, 1.82) is 0 Å². The third-order valence-corrected chi connectivity index (χ3v) is 4.09. The summed E-state index contributed by atoms with van der Waals surface area (Å²) in [5.74, 6) is 0.193. The summed E-state index contributed by atoms with van der Waals surface area (Å²) in [5, 5.41) is 4.26. The Balaban J connectivity index is 2.67. The van der Waals surface area contributed by atoms with Gasteiger partial charge >= 0.3 is 0 Å². The molecule has 28 heavy (non-hydrogen) atoms. The monoisotopic (exact) mass is 389 g/mol. The number of ether oxygens (including phenoxy) is 3. The SMILES string of the molecule is COc1cc(-c2ccc(=O)n([C@@H](C(C)=O)C(=O)N(C)C)n2)cc(OC)c1OC. The van der Waals surface area contributed by atoms with Gasteiger partial charge < -0.3 is 19.1 Å². The van der Waals surface area contributed by atoms with Gasteiger partial charge in [-0.05, 0) is 25.1 Å². The van der Waals surface area contributed by atoms with Gasteiger partial charge in [0.25, 0.3) is 11.5 Å². The number of hydrogen-bond donors (Lipinski definition) is 0. The molecule has 0 bridgehead atoms. The maximum atomic E-state index is 12.4. The predicted molar refractivity (Wildman–Crippen MR) is 102 cm³/mol. The highest BCUT2D eigenvalue weighted by atomic mass is 16.5. The summed E-state index contributed by atoms with van der Waals surface area (Å²) in [4.78, 5) is 38.1. The maximum Gasteiger partial charge on any atom is 0.267 e. The van der Waals surface area contributed by atoms with Crippen molar-refractivity contribution >= 4 is 11.7 Å². The topological polar surface area (TPSA) is 100.0 Å². The van der Waals surface area contributed by atoms with Gasteiger partial charge in [-0.25, -0.2) is 4.68 Å². The fourth-order valence-electron chi connectivity index (χ4n) is 2.69. The summed E-state index contributed by atoms with van der Waals surface area (Å²) >= 11 is 0.